The third kappa shape index (κ3) is 2.05. The van der Waals surface area contributed by atoms with E-state index in [1.54, 1.807) is 0 Å². The van der Waals surface area contributed by atoms with Crippen LogP contribution in [0.1, 0.15) is 30.1 Å². The normalized spacial score (nSPS) is 28.8. The predicted octanol–water partition coefficient (Wildman–Crippen LogP) is 2.81. The number of nitrogens with one attached hydrogen (secondary N) is 1. The van der Waals surface area contributed by atoms with Crippen molar-refractivity contribution in [1.29, 1.82) is 0 Å². The molecule has 3 heterocycles. The van der Waals surface area contributed by atoms with E-state index in [1.807, 2.05) is 35.4 Å². The Labute approximate surface area is 124 Å². The Hall–Kier alpha value is -1.81. The lowest BCUT2D eigenvalue weighted by molar-refractivity contribution is 0.0118. The average Bonchev–Trinajstić information content (AvgIpc) is 3.18. The zero-order valence-electron chi connectivity index (χ0n) is 12.3. The molecule has 4 heteroatoms. The van der Waals surface area contributed by atoms with Crippen molar-refractivity contribution < 1.29 is 9.53 Å². The fourth-order valence-corrected chi connectivity index (χ4v) is 3.79. The molecule has 21 heavy (non-hydrogen) atoms. The molecule has 0 saturated carbocycles. The van der Waals surface area contributed by atoms with Gasteiger partial charge in [0.25, 0.3) is 5.91 Å². The molecule has 0 radical (unpaired) electrons. The summed E-state index contributed by atoms with van der Waals surface area (Å²) < 4.78 is 6.00. The first-order chi connectivity index (χ1) is 10.2. The van der Waals surface area contributed by atoms with Gasteiger partial charge in [-0.15, -0.1) is 0 Å². The molecule has 2 saturated heterocycles. The largest absolute Gasteiger partial charge is 0.373 e. The van der Waals surface area contributed by atoms with Gasteiger partial charge in [-0.2, -0.15) is 0 Å². The summed E-state index contributed by atoms with van der Waals surface area (Å²) in [5.74, 6) is 0.723. The van der Waals surface area contributed by atoms with Crippen LogP contribution in [0.2, 0.25) is 0 Å². The number of ether oxygens (including phenoxy) is 1. The lowest BCUT2D eigenvalue weighted by atomic mass is 9.94. The van der Waals surface area contributed by atoms with Crippen LogP contribution in [0, 0.1) is 5.92 Å². The summed E-state index contributed by atoms with van der Waals surface area (Å²) in [7, 11) is 0. The molecule has 1 amide bonds. The number of H-pyrrole nitrogens is 1. The molecular formula is C17H20N2O2. The van der Waals surface area contributed by atoms with Gasteiger partial charge in [-0.25, -0.2) is 0 Å². The molecule has 1 N–H and O–H groups in total. The molecule has 1 aromatic heterocycles. The second-order valence-electron chi connectivity index (χ2n) is 6.53. The van der Waals surface area contributed by atoms with Gasteiger partial charge in [0, 0.05) is 23.6 Å². The summed E-state index contributed by atoms with van der Waals surface area (Å²) in [6.45, 7) is 4.58. The topological polar surface area (TPSA) is 45.3 Å². The quantitative estimate of drug-likeness (QED) is 0.875. The van der Waals surface area contributed by atoms with Gasteiger partial charge in [-0.1, -0.05) is 25.1 Å². The minimum Gasteiger partial charge on any atom is -0.373 e. The number of aromatic amines is 1. The van der Waals surface area contributed by atoms with E-state index in [9.17, 15) is 4.79 Å². The highest BCUT2D eigenvalue weighted by molar-refractivity contribution is 6.06. The number of hydrogen-bond donors (Lipinski definition) is 1. The molecule has 1 aromatic carbocycles. The molecule has 1 spiro atoms. The first-order valence-corrected chi connectivity index (χ1v) is 7.66. The SMILES string of the molecule is CC1COC2(CCN(C(=O)c3c[nH]c4ccccc34)C2)C1. The van der Waals surface area contributed by atoms with Crippen LogP contribution in [0.4, 0.5) is 0 Å². The lowest BCUT2D eigenvalue weighted by Gasteiger charge is -2.23. The number of hydrogen-bond acceptors (Lipinski definition) is 2. The van der Waals surface area contributed by atoms with Gasteiger partial charge in [-0.3, -0.25) is 4.79 Å². The molecule has 2 atom stereocenters. The molecule has 0 aliphatic carbocycles. The number of carbonyl (C=O) groups is 1. The fraction of sp³-hybridized carbons (Fsp3) is 0.471. The van der Waals surface area contributed by atoms with Gasteiger partial charge in [0.15, 0.2) is 0 Å². The Bertz CT molecular complexity index is 693. The molecular weight excluding hydrogens is 264 g/mol. The Morgan fingerprint density at radius 1 is 1.43 bits per heavy atom. The first kappa shape index (κ1) is 12.9. The van der Waals surface area contributed by atoms with Gasteiger partial charge in [0.1, 0.15) is 0 Å². The number of benzene rings is 1. The summed E-state index contributed by atoms with van der Waals surface area (Å²) in [5.41, 5.74) is 1.70. The van der Waals surface area contributed by atoms with Crippen molar-refractivity contribution in [3.8, 4) is 0 Å². The van der Waals surface area contributed by atoms with E-state index in [-0.39, 0.29) is 11.5 Å². The van der Waals surface area contributed by atoms with E-state index in [1.165, 1.54) is 0 Å². The van der Waals surface area contributed by atoms with E-state index in [2.05, 4.69) is 11.9 Å². The van der Waals surface area contributed by atoms with Crippen molar-refractivity contribution in [3.05, 3.63) is 36.0 Å². The molecule has 2 unspecified atom stereocenters. The molecule has 0 bridgehead atoms. The van der Waals surface area contributed by atoms with Crippen molar-refractivity contribution in [1.82, 2.24) is 9.88 Å². The lowest BCUT2D eigenvalue weighted by Crippen LogP contribution is -2.35. The zero-order chi connectivity index (χ0) is 14.4. The Morgan fingerprint density at radius 2 is 2.29 bits per heavy atom. The Balaban J connectivity index is 1.59. The second-order valence-corrected chi connectivity index (χ2v) is 6.53. The molecule has 2 aliphatic rings. The average molecular weight is 284 g/mol. The molecule has 4 nitrogen and oxygen atoms in total. The summed E-state index contributed by atoms with van der Waals surface area (Å²) in [5, 5.41) is 1.00. The van der Waals surface area contributed by atoms with Crippen molar-refractivity contribution in [2.75, 3.05) is 19.7 Å². The minimum absolute atomic E-state index is 0.0822. The minimum atomic E-state index is -0.0822. The number of nitrogens with zero attached hydrogens (tertiary/aromatic N) is 1. The summed E-state index contributed by atoms with van der Waals surface area (Å²) >= 11 is 0. The summed E-state index contributed by atoms with van der Waals surface area (Å²) in [6, 6.07) is 7.95. The van der Waals surface area contributed by atoms with E-state index in [0.717, 1.165) is 49.0 Å². The summed E-state index contributed by atoms with van der Waals surface area (Å²) in [6.07, 6.45) is 3.87. The second kappa shape index (κ2) is 4.60. The van der Waals surface area contributed by atoms with Gasteiger partial charge in [0.2, 0.25) is 0 Å². The van der Waals surface area contributed by atoms with Crippen LogP contribution < -0.4 is 0 Å². The van der Waals surface area contributed by atoms with Crippen molar-refractivity contribution in [2.24, 2.45) is 5.92 Å². The number of fused-ring (bicyclic) bond motifs is 1. The van der Waals surface area contributed by atoms with Crippen molar-refractivity contribution in [2.45, 2.75) is 25.4 Å². The standard InChI is InChI=1S/C17H20N2O2/c1-12-8-17(21-10-12)6-7-19(11-17)16(20)14-9-18-15-5-3-2-4-13(14)15/h2-5,9,12,18H,6-8,10-11H2,1H3. The van der Waals surface area contributed by atoms with E-state index < -0.39 is 0 Å². The molecule has 2 aromatic rings. The molecule has 110 valence electrons. The van der Waals surface area contributed by atoms with Crippen LogP contribution in [0.15, 0.2) is 30.5 Å². The predicted molar refractivity (Wildman–Crippen MR) is 81.3 cm³/mol. The fourth-order valence-electron chi connectivity index (χ4n) is 3.79. The highest BCUT2D eigenvalue weighted by atomic mass is 16.5. The third-order valence-electron chi connectivity index (χ3n) is 4.82. The number of rotatable bonds is 1. The van der Waals surface area contributed by atoms with Crippen molar-refractivity contribution in [3.63, 3.8) is 0 Å². The monoisotopic (exact) mass is 284 g/mol. The van der Waals surface area contributed by atoms with E-state index in [0.29, 0.717) is 5.92 Å². The van der Waals surface area contributed by atoms with Crippen LogP contribution in [0.3, 0.4) is 0 Å². The van der Waals surface area contributed by atoms with Gasteiger partial charge in [-0.05, 0) is 24.8 Å². The van der Waals surface area contributed by atoms with Crippen LogP contribution in [0.25, 0.3) is 10.9 Å². The highest BCUT2D eigenvalue weighted by Crippen LogP contribution is 2.38. The van der Waals surface area contributed by atoms with Crippen LogP contribution in [-0.4, -0.2) is 41.1 Å². The zero-order valence-corrected chi connectivity index (χ0v) is 12.3. The van der Waals surface area contributed by atoms with Gasteiger partial charge >= 0.3 is 0 Å². The maximum atomic E-state index is 12.8. The summed E-state index contributed by atoms with van der Waals surface area (Å²) in [4.78, 5) is 17.9. The number of amides is 1. The maximum Gasteiger partial charge on any atom is 0.256 e. The van der Waals surface area contributed by atoms with E-state index >= 15 is 0 Å². The number of likely N-dealkylation sites (tertiary alicyclic amines) is 1. The molecule has 2 aliphatic heterocycles. The maximum absolute atomic E-state index is 12.8. The van der Waals surface area contributed by atoms with Gasteiger partial charge in [0.05, 0.1) is 24.3 Å². The number of aromatic nitrogens is 1. The van der Waals surface area contributed by atoms with Crippen LogP contribution in [-0.2, 0) is 4.74 Å². The Kier molecular flexibility index (Phi) is 2.82. The van der Waals surface area contributed by atoms with Crippen molar-refractivity contribution >= 4 is 16.8 Å². The van der Waals surface area contributed by atoms with E-state index in [4.69, 9.17) is 4.74 Å². The molecule has 2 fully saturated rings. The number of para-hydroxylation sites is 1. The third-order valence-corrected chi connectivity index (χ3v) is 4.82. The number of carbonyl (C=O) groups excluding carboxylic acids is 1. The van der Waals surface area contributed by atoms with Gasteiger partial charge < -0.3 is 14.6 Å². The first-order valence-electron chi connectivity index (χ1n) is 7.66. The Morgan fingerprint density at radius 3 is 3.10 bits per heavy atom. The molecule has 4 rings (SSSR count). The smallest absolute Gasteiger partial charge is 0.256 e. The van der Waals surface area contributed by atoms with Crippen LogP contribution in [0.5, 0.6) is 0 Å². The van der Waals surface area contributed by atoms with Crippen LogP contribution >= 0.6 is 0 Å². The highest BCUT2D eigenvalue weighted by Gasteiger charge is 2.45.